The van der Waals surface area contributed by atoms with Crippen LogP contribution in [0.3, 0.4) is 0 Å². The average molecular weight is 195 g/mol. The van der Waals surface area contributed by atoms with Crippen molar-refractivity contribution in [2.75, 3.05) is 0 Å². The number of fused-ring (bicyclic) bond motifs is 1. The Hall–Kier alpha value is -1.35. The number of aromatic nitrogens is 2. The number of rotatable bonds is 2. The van der Waals surface area contributed by atoms with Gasteiger partial charge < -0.3 is 9.20 Å². The average Bonchev–Trinajstić information content (AvgIpc) is 2.49. The van der Waals surface area contributed by atoms with Crippen molar-refractivity contribution >= 4 is 23.5 Å². The van der Waals surface area contributed by atoms with Gasteiger partial charge in [0.1, 0.15) is 6.29 Å². The van der Waals surface area contributed by atoms with E-state index >= 15 is 0 Å². The molecule has 0 aliphatic carbocycles. The van der Waals surface area contributed by atoms with E-state index in [1.54, 1.807) is 16.7 Å². The Bertz CT molecular complexity index is 450. The lowest BCUT2D eigenvalue weighted by molar-refractivity contribution is -0.107. The summed E-state index contributed by atoms with van der Waals surface area (Å²) in [6.07, 6.45) is 4.81. The van der Waals surface area contributed by atoms with E-state index in [2.05, 4.69) is 4.98 Å². The van der Waals surface area contributed by atoms with Gasteiger partial charge in [0.25, 0.3) is 0 Å². The van der Waals surface area contributed by atoms with Crippen LogP contribution in [0.5, 0.6) is 0 Å². The quantitative estimate of drug-likeness (QED) is 0.683. The van der Waals surface area contributed by atoms with Gasteiger partial charge in [-0.3, -0.25) is 0 Å². The molecule has 0 bridgehead atoms. The maximum atomic E-state index is 10.3. The molecule has 0 aromatic carbocycles. The third-order valence-electron chi connectivity index (χ3n) is 1.78. The van der Waals surface area contributed by atoms with Gasteiger partial charge in [0.05, 0.1) is 10.7 Å². The van der Waals surface area contributed by atoms with E-state index in [0.29, 0.717) is 17.1 Å². The van der Waals surface area contributed by atoms with Gasteiger partial charge in [-0.1, -0.05) is 11.6 Å². The molecule has 0 saturated carbocycles. The number of nitrogens with zero attached hydrogens (tertiary/aromatic N) is 2. The van der Waals surface area contributed by atoms with Crippen molar-refractivity contribution in [3.63, 3.8) is 0 Å². The van der Waals surface area contributed by atoms with E-state index in [9.17, 15) is 4.79 Å². The zero-order valence-corrected chi connectivity index (χ0v) is 7.53. The summed E-state index contributed by atoms with van der Waals surface area (Å²) in [5.41, 5.74) is 1.43. The Balaban J connectivity index is 2.61. The summed E-state index contributed by atoms with van der Waals surface area (Å²) in [5.74, 6) is 0. The molecule has 4 heteroatoms. The minimum Gasteiger partial charge on any atom is -0.306 e. The predicted molar refractivity (Wildman–Crippen MR) is 50.0 cm³/mol. The molecular weight excluding hydrogens is 188 g/mol. The van der Waals surface area contributed by atoms with Crippen LogP contribution in [0.15, 0.2) is 24.5 Å². The van der Waals surface area contributed by atoms with Crippen LogP contribution in [-0.4, -0.2) is 15.7 Å². The first-order valence-electron chi connectivity index (χ1n) is 3.87. The van der Waals surface area contributed by atoms with E-state index in [1.807, 2.05) is 12.3 Å². The van der Waals surface area contributed by atoms with E-state index in [-0.39, 0.29) is 0 Å². The largest absolute Gasteiger partial charge is 0.306 e. The fourth-order valence-corrected chi connectivity index (χ4v) is 1.43. The first-order valence-corrected chi connectivity index (χ1v) is 4.25. The number of carbonyl (C=O) groups excluding carboxylic acids is 1. The number of aldehydes is 1. The molecule has 13 heavy (non-hydrogen) atoms. The molecule has 0 saturated heterocycles. The van der Waals surface area contributed by atoms with Crippen LogP contribution < -0.4 is 0 Å². The molecule has 2 heterocycles. The maximum absolute atomic E-state index is 10.3. The van der Waals surface area contributed by atoms with Crippen LogP contribution >= 0.6 is 11.6 Å². The highest BCUT2D eigenvalue weighted by molar-refractivity contribution is 6.33. The Labute approximate surface area is 80.0 Å². The van der Waals surface area contributed by atoms with Crippen LogP contribution in [-0.2, 0) is 11.2 Å². The highest BCUT2D eigenvalue weighted by Crippen LogP contribution is 2.15. The Morgan fingerprint density at radius 3 is 3.15 bits per heavy atom. The molecule has 3 nitrogen and oxygen atoms in total. The lowest BCUT2D eigenvalue weighted by Crippen LogP contribution is -1.83. The zero-order chi connectivity index (χ0) is 9.26. The van der Waals surface area contributed by atoms with Gasteiger partial charge in [0.15, 0.2) is 5.65 Å². The lowest BCUT2D eigenvalue weighted by Gasteiger charge is -1.92. The summed E-state index contributed by atoms with van der Waals surface area (Å²) in [6, 6.07) is 3.61. The molecule has 66 valence electrons. The molecule has 0 N–H and O–H groups in total. The zero-order valence-electron chi connectivity index (χ0n) is 6.77. The fourth-order valence-electron chi connectivity index (χ4n) is 1.21. The summed E-state index contributed by atoms with van der Waals surface area (Å²) in [6.45, 7) is 0. The highest BCUT2D eigenvalue weighted by atomic mass is 35.5. The molecule has 0 aliphatic rings. The smallest absolute Gasteiger partial charge is 0.155 e. The first-order chi connectivity index (χ1) is 6.31. The van der Waals surface area contributed by atoms with Gasteiger partial charge in [-0.15, -0.1) is 0 Å². The predicted octanol–water partition coefficient (Wildman–Crippen LogP) is 1.73. The summed E-state index contributed by atoms with van der Waals surface area (Å²) in [4.78, 5) is 14.5. The second-order valence-electron chi connectivity index (χ2n) is 2.69. The van der Waals surface area contributed by atoms with Gasteiger partial charge in [-0.2, -0.15) is 0 Å². The van der Waals surface area contributed by atoms with Crippen molar-refractivity contribution in [2.24, 2.45) is 0 Å². The van der Waals surface area contributed by atoms with Gasteiger partial charge in [0.2, 0.25) is 0 Å². The topological polar surface area (TPSA) is 34.4 Å². The van der Waals surface area contributed by atoms with E-state index in [1.165, 1.54) is 0 Å². The van der Waals surface area contributed by atoms with Gasteiger partial charge >= 0.3 is 0 Å². The Kier molecular flexibility index (Phi) is 2.02. The van der Waals surface area contributed by atoms with E-state index in [0.717, 1.165) is 12.0 Å². The molecule has 0 atom stereocenters. The van der Waals surface area contributed by atoms with E-state index in [4.69, 9.17) is 11.6 Å². The van der Waals surface area contributed by atoms with Crippen molar-refractivity contribution in [2.45, 2.75) is 6.42 Å². The minimum absolute atomic E-state index is 0.331. The third-order valence-corrected chi connectivity index (χ3v) is 2.07. The molecule has 0 aliphatic heterocycles. The van der Waals surface area contributed by atoms with Crippen LogP contribution in [0, 0.1) is 0 Å². The molecule has 0 amide bonds. The normalized spacial score (nSPS) is 10.5. The Morgan fingerprint density at radius 2 is 2.46 bits per heavy atom. The molecule has 0 radical (unpaired) electrons. The van der Waals surface area contributed by atoms with Crippen molar-refractivity contribution in [1.82, 2.24) is 9.38 Å². The Morgan fingerprint density at radius 1 is 1.62 bits per heavy atom. The summed E-state index contributed by atoms with van der Waals surface area (Å²) in [5, 5.41) is 0.597. The number of halogens is 1. The highest BCUT2D eigenvalue weighted by Gasteiger charge is 2.03. The number of carbonyl (C=O) groups is 1. The molecule has 2 aromatic rings. The monoisotopic (exact) mass is 194 g/mol. The molecule has 2 aromatic heterocycles. The summed E-state index contributed by atoms with van der Waals surface area (Å²) in [7, 11) is 0. The van der Waals surface area contributed by atoms with Gasteiger partial charge in [0, 0.05) is 18.8 Å². The first kappa shape index (κ1) is 8.26. The standard InChI is InChI=1S/C9H7ClN2O/c10-8-2-1-4-12-6-7(3-5-13)11-9(8)12/h1-2,4-6H,3H2. The summed E-state index contributed by atoms with van der Waals surface area (Å²) < 4.78 is 1.81. The van der Waals surface area contributed by atoms with Crippen LogP contribution in [0.1, 0.15) is 5.69 Å². The van der Waals surface area contributed by atoms with Gasteiger partial charge in [-0.05, 0) is 12.1 Å². The van der Waals surface area contributed by atoms with Crippen LogP contribution in [0.4, 0.5) is 0 Å². The van der Waals surface area contributed by atoms with Gasteiger partial charge in [-0.25, -0.2) is 4.98 Å². The van der Waals surface area contributed by atoms with Crippen molar-refractivity contribution < 1.29 is 4.79 Å². The number of pyridine rings is 1. The summed E-state index contributed by atoms with van der Waals surface area (Å²) >= 11 is 5.90. The number of hydrogen-bond donors (Lipinski definition) is 0. The maximum Gasteiger partial charge on any atom is 0.155 e. The van der Waals surface area contributed by atoms with Crippen molar-refractivity contribution in [1.29, 1.82) is 0 Å². The minimum atomic E-state index is 0.331. The molecular formula is C9H7ClN2O. The fraction of sp³-hybridized carbons (Fsp3) is 0.111. The molecule has 0 fully saturated rings. The molecule has 2 rings (SSSR count). The third kappa shape index (κ3) is 1.42. The molecule has 0 spiro atoms. The van der Waals surface area contributed by atoms with Crippen LogP contribution in [0.2, 0.25) is 5.02 Å². The second-order valence-corrected chi connectivity index (χ2v) is 3.10. The van der Waals surface area contributed by atoms with Crippen LogP contribution in [0.25, 0.3) is 5.65 Å². The number of imidazole rings is 1. The SMILES string of the molecule is O=CCc1cn2cccc(Cl)c2n1. The molecule has 0 unspecified atom stereocenters. The lowest BCUT2D eigenvalue weighted by atomic mass is 10.4. The van der Waals surface area contributed by atoms with Crippen molar-refractivity contribution in [3.8, 4) is 0 Å². The van der Waals surface area contributed by atoms with Crippen molar-refractivity contribution in [3.05, 3.63) is 35.2 Å². The van der Waals surface area contributed by atoms with E-state index < -0.39 is 0 Å². The second kappa shape index (κ2) is 3.18. The number of hydrogen-bond acceptors (Lipinski definition) is 2.